The molecule has 0 aromatic carbocycles. The van der Waals surface area contributed by atoms with Crippen LogP contribution in [-0.2, 0) is 0 Å². The van der Waals surface area contributed by atoms with Crippen molar-refractivity contribution in [2.45, 2.75) is 6.18 Å². The largest absolute Gasteiger partial charge is 0.468 e. The molecule has 0 saturated carbocycles. The van der Waals surface area contributed by atoms with Crippen LogP contribution < -0.4 is 4.74 Å². The fraction of sp³-hybridized carbons (Fsp3) is 0.250. The molecule has 0 fully saturated rings. The van der Waals surface area contributed by atoms with Crippen LogP contribution in [0.3, 0.4) is 0 Å². The fourth-order valence-corrected chi connectivity index (χ4v) is 1.46. The van der Waals surface area contributed by atoms with Crippen LogP contribution in [0.15, 0.2) is 22.9 Å². The molecule has 0 saturated heterocycles. The van der Waals surface area contributed by atoms with Crippen molar-refractivity contribution in [3.8, 4) is 5.88 Å². The molecule has 86 valence electrons. The predicted octanol–water partition coefficient (Wildman–Crippen LogP) is 2.43. The van der Waals surface area contributed by atoms with Crippen LogP contribution >= 0.6 is 15.9 Å². The quantitative estimate of drug-likeness (QED) is 0.854. The molecular formula is C8H5BrF3N3O. The zero-order valence-electron chi connectivity index (χ0n) is 7.70. The second-order valence-electron chi connectivity index (χ2n) is 2.92. The maximum atomic E-state index is 12.0. The lowest BCUT2D eigenvalue weighted by Crippen LogP contribution is -2.20. The lowest BCUT2D eigenvalue weighted by molar-refractivity contribution is -0.154. The van der Waals surface area contributed by atoms with Gasteiger partial charge in [-0.05, 0) is 22.0 Å². The van der Waals surface area contributed by atoms with E-state index in [1.54, 1.807) is 12.1 Å². The number of rotatable bonds is 2. The van der Waals surface area contributed by atoms with Crippen molar-refractivity contribution < 1.29 is 17.9 Å². The summed E-state index contributed by atoms with van der Waals surface area (Å²) in [6.07, 6.45) is -4.38. The van der Waals surface area contributed by atoms with Crippen molar-refractivity contribution in [3.63, 3.8) is 0 Å². The molecule has 4 nitrogen and oxygen atoms in total. The van der Waals surface area contributed by atoms with E-state index in [1.165, 1.54) is 10.6 Å². The molecular weight excluding hydrogens is 291 g/mol. The van der Waals surface area contributed by atoms with Crippen molar-refractivity contribution in [1.29, 1.82) is 0 Å². The molecule has 0 atom stereocenters. The average molecular weight is 296 g/mol. The average Bonchev–Trinajstić information content (AvgIpc) is 2.54. The Hall–Kier alpha value is -1.31. The first-order valence-corrected chi connectivity index (χ1v) is 4.96. The van der Waals surface area contributed by atoms with E-state index in [-0.39, 0.29) is 10.6 Å². The fourth-order valence-electron chi connectivity index (χ4n) is 1.12. The van der Waals surface area contributed by atoms with Gasteiger partial charge in [0.15, 0.2) is 12.3 Å². The van der Waals surface area contributed by atoms with Crippen LogP contribution in [-0.4, -0.2) is 27.4 Å². The molecule has 2 aromatic rings. The molecule has 0 spiro atoms. The standard InChI is InChI=1S/C8H5BrF3N3O/c9-7-13-5-2-1-3-6(15(5)14-7)16-4-8(10,11)12/h1-3H,4H2. The van der Waals surface area contributed by atoms with Gasteiger partial charge >= 0.3 is 6.18 Å². The van der Waals surface area contributed by atoms with Gasteiger partial charge in [-0.15, -0.1) is 5.10 Å². The van der Waals surface area contributed by atoms with E-state index >= 15 is 0 Å². The SMILES string of the molecule is FC(F)(F)COc1cccc2nc(Br)nn12. The molecule has 0 unspecified atom stereocenters. The number of fused-ring (bicyclic) bond motifs is 1. The van der Waals surface area contributed by atoms with Gasteiger partial charge in [-0.2, -0.15) is 17.7 Å². The number of nitrogens with zero attached hydrogens (tertiary/aromatic N) is 3. The summed E-state index contributed by atoms with van der Waals surface area (Å²) in [4.78, 5) is 3.93. The summed E-state index contributed by atoms with van der Waals surface area (Å²) in [5.41, 5.74) is 0.409. The van der Waals surface area contributed by atoms with E-state index in [2.05, 4.69) is 30.7 Å². The molecule has 2 heterocycles. The van der Waals surface area contributed by atoms with Gasteiger partial charge in [-0.1, -0.05) is 6.07 Å². The van der Waals surface area contributed by atoms with Gasteiger partial charge in [0.25, 0.3) is 0 Å². The molecule has 0 radical (unpaired) electrons. The number of aromatic nitrogens is 3. The van der Waals surface area contributed by atoms with Gasteiger partial charge in [0.05, 0.1) is 0 Å². The van der Waals surface area contributed by atoms with Crippen LogP contribution in [0.5, 0.6) is 5.88 Å². The first-order valence-electron chi connectivity index (χ1n) is 4.16. The summed E-state index contributed by atoms with van der Waals surface area (Å²) < 4.78 is 42.0. The minimum Gasteiger partial charge on any atom is -0.468 e. The highest BCUT2D eigenvalue weighted by Gasteiger charge is 2.28. The summed E-state index contributed by atoms with van der Waals surface area (Å²) in [5, 5.41) is 3.84. The van der Waals surface area contributed by atoms with Crippen molar-refractivity contribution in [2.75, 3.05) is 6.61 Å². The van der Waals surface area contributed by atoms with E-state index in [4.69, 9.17) is 0 Å². The zero-order valence-corrected chi connectivity index (χ0v) is 9.29. The maximum Gasteiger partial charge on any atom is 0.422 e. The van der Waals surface area contributed by atoms with Crippen molar-refractivity contribution in [2.24, 2.45) is 0 Å². The highest BCUT2D eigenvalue weighted by atomic mass is 79.9. The van der Waals surface area contributed by atoms with Crippen LogP contribution in [0.2, 0.25) is 0 Å². The zero-order chi connectivity index (χ0) is 11.8. The number of ether oxygens (including phenoxy) is 1. The number of hydrogen-bond acceptors (Lipinski definition) is 3. The van der Waals surface area contributed by atoms with E-state index in [9.17, 15) is 13.2 Å². The molecule has 2 rings (SSSR count). The molecule has 0 N–H and O–H groups in total. The second kappa shape index (κ2) is 3.93. The minimum absolute atomic E-state index is 0.00646. The Morgan fingerprint density at radius 1 is 1.38 bits per heavy atom. The molecule has 16 heavy (non-hydrogen) atoms. The van der Waals surface area contributed by atoms with Crippen molar-refractivity contribution >= 4 is 21.6 Å². The number of hydrogen-bond donors (Lipinski definition) is 0. The highest BCUT2D eigenvalue weighted by Crippen LogP contribution is 2.19. The second-order valence-corrected chi connectivity index (χ2v) is 3.63. The molecule has 0 amide bonds. The van der Waals surface area contributed by atoms with Crippen molar-refractivity contribution in [1.82, 2.24) is 14.6 Å². The summed E-state index contributed by atoms with van der Waals surface area (Å²) in [6, 6.07) is 4.54. The van der Waals surface area contributed by atoms with Gasteiger partial charge < -0.3 is 4.74 Å². The van der Waals surface area contributed by atoms with Gasteiger partial charge in [-0.25, -0.2) is 4.98 Å². The highest BCUT2D eigenvalue weighted by molar-refractivity contribution is 9.10. The molecule has 0 aliphatic carbocycles. The van der Waals surface area contributed by atoms with E-state index in [0.29, 0.717) is 5.65 Å². The van der Waals surface area contributed by atoms with Crippen molar-refractivity contribution in [3.05, 3.63) is 22.9 Å². The molecule has 2 aromatic heterocycles. The number of halogens is 4. The first kappa shape index (κ1) is 11.2. The summed E-state index contributed by atoms with van der Waals surface area (Å²) in [6.45, 7) is -1.36. The first-order chi connectivity index (χ1) is 7.46. The van der Waals surface area contributed by atoms with Crippen LogP contribution in [0, 0.1) is 0 Å². The third-order valence-corrected chi connectivity index (χ3v) is 2.02. The van der Waals surface area contributed by atoms with E-state index < -0.39 is 12.8 Å². The van der Waals surface area contributed by atoms with E-state index in [0.717, 1.165) is 0 Å². The Balaban J connectivity index is 2.30. The Bertz CT molecular complexity index is 511. The van der Waals surface area contributed by atoms with Gasteiger partial charge in [0.2, 0.25) is 10.6 Å². The van der Waals surface area contributed by atoms with E-state index in [1.807, 2.05) is 0 Å². The summed E-state index contributed by atoms with van der Waals surface area (Å²) >= 11 is 3.03. The smallest absolute Gasteiger partial charge is 0.422 e. The third-order valence-electron chi connectivity index (χ3n) is 1.68. The van der Waals surface area contributed by atoms with Crippen LogP contribution in [0.25, 0.3) is 5.65 Å². The van der Waals surface area contributed by atoms with Crippen LogP contribution in [0.4, 0.5) is 13.2 Å². The number of alkyl halides is 3. The maximum absolute atomic E-state index is 12.0. The molecule has 0 aliphatic heterocycles. The minimum atomic E-state index is -4.38. The summed E-state index contributed by atoms with van der Waals surface area (Å²) in [5.74, 6) is -0.00646. The van der Waals surface area contributed by atoms with Crippen LogP contribution in [0.1, 0.15) is 0 Å². The predicted molar refractivity (Wildman–Crippen MR) is 52.2 cm³/mol. The summed E-state index contributed by atoms with van der Waals surface area (Å²) in [7, 11) is 0. The molecule has 8 heteroatoms. The van der Waals surface area contributed by atoms with Gasteiger partial charge in [-0.3, -0.25) is 0 Å². The Morgan fingerprint density at radius 2 is 2.12 bits per heavy atom. The lowest BCUT2D eigenvalue weighted by Gasteiger charge is -2.09. The number of pyridine rings is 1. The Morgan fingerprint density at radius 3 is 2.81 bits per heavy atom. The third kappa shape index (κ3) is 2.43. The normalized spacial score (nSPS) is 12.0. The Kier molecular flexibility index (Phi) is 2.75. The molecule has 0 bridgehead atoms. The topological polar surface area (TPSA) is 39.4 Å². The van der Waals surface area contributed by atoms with Gasteiger partial charge in [0, 0.05) is 6.07 Å². The Labute approximate surface area is 96.2 Å². The monoisotopic (exact) mass is 295 g/mol. The van der Waals surface area contributed by atoms with Gasteiger partial charge in [0.1, 0.15) is 0 Å². The lowest BCUT2D eigenvalue weighted by atomic mass is 10.5. The molecule has 0 aliphatic rings.